The van der Waals surface area contributed by atoms with Gasteiger partial charge < -0.3 is 10.5 Å². The molecule has 1 heterocycles. The molecule has 25 heavy (non-hydrogen) atoms. The number of nitrogens with one attached hydrogen (secondary N) is 1. The third-order valence-electron chi connectivity index (χ3n) is 3.45. The van der Waals surface area contributed by atoms with Crippen LogP contribution in [-0.4, -0.2) is 40.5 Å². The number of ether oxygens (including phenoxy) is 1. The summed E-state index contributed by atoms with van der Waals surface area (Å²) in [5.74, 6) is -0.539. The van der Waals surface area contributed by atoms with Crippen LogP contribution in [0.1, 0.15) is 13.3 Å². The summed E-state index contributed by atoms with van der Waals surface area (Å²) in [5, 5.41) is 2.31. The van der Waals surface area contributed by atoms with E-state index in [2.05, 4.69) is 4.98 Å². The summed E-state index contributed by atoms with van der Waals surface area (Å²) in [6, 6.07) is 6.12. The van der Waals surface area contributed by atoms with Crippen LogP contribution in [0.15, 0.2) is 34.2 Å². The van der Waals surface area contributed by atoms with E-state index in [1.54, 1.807) is 38.3 Å². The highest BCUT2D eigenvalue weighted by atomic mass is 32.2. The molecule has 1 atom stereocenters. The highest BCUT2D eigenvalue weighted by Crippen LogP contribution is 2.22. The molecule has 0 fully saturated rings. The smallest absolute Gasteiger partial charge is 0.318 e. The summed E-state index contributed by atoms with van der Waals surface area (Å²) in [4.78, 5) is 40.0. The minimum absolute atomic E-state index is 0.174. The number of methoxy groups -OCH3 is 1. The van der Waals surface area contributed by atoms with Gasteiger partial charge >= 0.3 is 6.03 Å². The number of nitrogens with zero attached hydrogens (tertiary/aromatic N) is 2. The topological polar surface area (TPSA) is 116 Å². The summed E-state index contributed by atoms with van der Waals surface area (Å²) >= 11 is 1.10. The number of carbonyl (C=O) groups excluding carboxylic acids is 2. The molecule has 1 aromatic carbocycles. The van der Waals surface area contributed by atoms with E-state index < -0.39 is 17.2 Å². The molecule has 0 radical (unpaired) electrons. The Hall–Kier alpha value is -2.39. The first kappa shape index (κ1) is 18.9. The Morgan fingerprint density at radius 3 is 2.80 bits per heavy atom. The molecule has 3 N–H and O–H groups in total. The Kier molecular flexibility index (Phi) is 6.54. The number of para-hydroxylation sites is 1. The fraction of sp³-hybridized carbons (Fsp3) is 0.375. The second kappa shape index (κ2) is 8.63. The third-order valence-corrected chi connectivity index (χ3v) is 4.54. The van der Waals surface area contributed by atoms with E-state index in [9.17, 15) is 14.4 Å². The second-order valence-corrected chi connectivity index (χ2v) is 6.64. The van der Waals surface area contributed by atoms with Gasteiger partial charge in [0.25, 0.3) is 5.56 Å². The quantitative estimate of drug-likeness (QED) is 0.432. The number of benzene rings is 1. The molecule has 2 aromatic rings. The lowest BCUT2D eigenvalue weighted by Gasteiger charge is -2.15. The normalized spacial score (nSPS) is 12.1. The van der Waals surface area contributed by atoms with Crippen molar-refractivity contribution in [1.82, 2.24) is 14.9 Å². The molecule has 1 aromatic heterocycles. The standard InChI is InChI=1S/C16H20N4O4S/c1-10(13(21)19-15(17)23)25-16-18-12-7-4-3-6-11(12)14(22)20(16)8-5-9-24-2/h3-4,6-7,10H,5,8-9H2,1-2H3,(H3,17,19,21,23)/t10-/m0/s1. The fourth-order valence-corrected chi connectivity index (χ4v) is 3.17. The number of urea groups is 1. The number of fused-ring (bicyclic) bond motifs is 1. The van der Waals surface area contributed by atoms with Crippen LogP contribution in [0.2, 0.25) is 0 Å². The number of hydrogen-bond donors (Lipinski definition) is 2. The maximum absolute atomic E-state index is 12.8. The van der Waals surface area contributed by atoms with Crippen molar-refractivity contribution in [2.75, 3.05) is 13.7 Å². The van der Waals surface area contributed by atoms with Gasteiger partial charge in [0.1, 0.15) is 0 Å². The minimum atomic E-state index is -0.915. The van der Waals surface area contributed by atoms with Gasteiger partial charge in [-0.25, -0.2) is 9.78 Å². The number of amides is 3. The Labute approximate surface area is 148 Å². The van der Waals surface area contributed by atoms with Crippen LogP contribution in [0.25, 0.3) is 10.9 Å². The van der Waals surface area contributed by atoms with Crippen LogP contribution >= 0.6 is 11.8 Å². The van der Waals surface area contributed by atoms with Gasteiger partial charge in [0, 0.05) is 20.3 Å². The lowest BCUT2D eigenvalue weighted by atomic mass is 10.2. The molecule has 0 spiro atoms. The van der Waals surface area contributed by atoms with Crippen molar-refractivity contribution in [3.05, 3.63) is 34.6 Å². The predicted octanol–water partition coefficient (Wildman–Crippen LogP) is 1.11. The van der Waals surface area contributed by atoms with Gasteiger partial charge in [-0.1, -0.05) is 23.9 Å². The number of imide groups is 1. The number of carbonyl (C=O) groups is 2. The average Bonchev–Trinajstić information content (AvgIpc) is 2.57. The van der Waals surface area contributed by atoms with Crippen LogP contribution in [0.5, 0.6) is 0 Å². The number of aromatic nitrogens is 2. The zero-order valence-corrected chi connectivity index (χ0v) is 14.8. The van der Waals surface area contributed by atoms with Crippen LogP contribution in [0.3, 0.4) is 0 Å². The lowest BCUT2D eigenvalue weighted by molar-refractivity contribution is -0.119. The van der Waals surface area contributed by atoms with Crippen molar-refractivity contribution in [1.29, 1.82) is 0 Å². The van der Waals surface area contributed by atoms with Crippen molar-refractivity contribution >= 4 is 34.6 Å². The lowest BCUT2D eigenvalue weighted by Crippen LogP contribution is -2.39. The molecule has 0 unspecified atom stereocenters. The summed E-state index contributed by atoms with van der Waals surface area (Å²) < 4.78 is 6.56. The first-order valence-electron chi connectivity index (χ1n) is 7.69. The van der Waals surface area contributed by atoms with Gasteiger partial charge in [0.05, 0.1) is 16.2 Å². The van der Waals surface area contributed by atoms with E-state index in [0.717, 1.165) is 11.8 Å². The molecule has 0 aliphatic heterocycles. The van der Waals surface area contributed by atoms with Crippen LogP contribution in [0.4, 0.5) is 4.79 Å². The van der Waals surface area contributed by atoms with Gasteiger partial charge in [0.15, 0.2) is 5.16 Å². The second-order valence-electron chi connectivity index (χ2n) is 5.33. The molecule has 0 aliphatic rings. The zero-order chi connectivity index (χ0) is 18.4. The first-order chi connectivity index (χ1) is 11.9. The molecule has 0 bridgehead atoms. The fourth-order valence-electron chi connectivity index (χ4n) is 2.24. The van der Waals surface area contributed by atoms with Gasteiger partial charge in [-0.3, -0.25) is 19.5 Å². The Balaban J connectivity index is 2.38. The SMILES string of the molecule is COCCCn1c(S[C@@H](C)C(=O)NC(N)=O)nc2ccccc2c1=O. The van der Waals surface area contributed by atoms with Crippen molar-refractivity contribution < 1.29 is 14.3 Å². The largest absolute Gasteiger partial charge is 0.385 e. The van der Waals surface area contributed by atoms with E-state index >= 15 is 0 Å². The summed E-state index contributed by atoms with van der Waals surface area (Å²) in [7, 11) is 1.59. The summed E-state index contributed by atoms with van der Waals surface area (Å²) in [5.41, 5.74) is 5.35. The Morgan fingerprint density at radius 1 is 1.40 bits per heavy atom. The molecule has 0 aliphatic carbocycles. The van der Waals surface area contributed by atoms with Crippen molar-refractivity contribution in [2.45, 2.75) is 30.3 Å². The van der Waals surface area contributed by atoms with Crippen LogP contribution in [-0.2, 0) is 16.1 Å². The first-order valence-corrected chi connectivity index (χ1v) is 8.57. The number of hydrogen-bond acceptors (Lipinski definition) is 6. The van der Waals surface area contributed by atoms with Crippen molar-refractivity contribution in [3.63, 3.8) is 0 Å². The molecule has 134 valence electrons. The van der Waals surface area contributed by atoms with Gasteiger partial charge in [-0.15, -0.1) is 0 Å². The summed E-state index contributed by atoms with van der Waals surface area (Å²) in [6.07, 6.45) is 0.631. The molecular formula is C16H20N4O4S. The predicted molar refractivity (Wildman–Crippen MR) is 95.5 cm³/mol. The van der Waals surface area contributed by atoms with Crippen LogP contribution < -0.4 is 16.6 Å². The van der Waals surface area contributed by atoms with E-state index in [1.807, 2.05) is 5.32 Å². The molecule has 0 saturated carbocycles. The Morgan fingerprint density at radius 2 is 2.12 bits per heavy atom. The van der Waals surface area contributed by atoms with Gasteiger partial charge in [-0.05, 0) is 25.5 Å². The summed E-state index contributed by atoms with van der Waals surface area (Å²) in [6.45, 7) is 2.53. The molecule has 3 amide bonds. The molecule has 0 saturated heterocycles. The number of rotatable bonds is 7. The minimum Gasteiger partial charge on any atom is -0.385 e. The van der Waals surface area contributed by atoms with Crippen LogP contribution in [0, 0.1) is 0 Å². The Bertz CT molecular complexity index is 836. The van der Waals surface area contributed by atoms with Gasteiger partial charge in [0.2, 0.25) is 5.91 Å². The van der Waals surface area contributed by atoms with Gasteiger partial charge in [-0.2, -0.15) is 0 Å². The van der Waals surface area contributed by atoms with E-state index in [-0.39, 0.29) is 5.56 Å². The zero-order valence-electron chi connectivity index (χ0n) is 14.0. The molecule has 2 rings (SSSR count). The van der Waals surface area contributed by atoms with Crippen molar-refractivity contribution in [3.8, 4) is 0 Å². The number of nitrogens with two attached hydrogens (primary N) is 1. The highest BCUT2D eigenvalue weighted by molar-refractivity contribution is 8.00. The molecule has 9 heteroatoms. The maximum atomic E-state index is 12.8. The highest BCUT2D eigenvalue weighted by Gasteiger charge is 2.20. The monoisotopic (exact) mass is 364 g/mol. The van der Waals surface area contributed by atoms with Crippen molar-refractivity contribution in [2.24, 2.45) is 5.73 Å². The van der Waals surface area contributed by atoms with E-state index in [4.69, 9.17) is 10.5 Å². The molecular weight excluding hydrogens is 344 g/mol. The average molecular weight is 364 g/mol. The van der Waals surface area contributed by atoms with E-state index in [0.29, 0.717) is 35.6 Å². The number of primary amides is 1. The van der Waals surface area contributed by atoms with E-state index in [1.165, 1.54) is 4.57 Å². The third kappa shape index (κ3) is 4.80. The maximum Gasteiger partial charge on any atom is 0.318 e. The number of thioether (sulfide) groups is 1. The molecule has 8 nitrogen and oxygen atoms in total.